The molecule has 3 aromatic carbocycles. The lowest BCUT2D eigenvalue weighted by molar-refractivity contribution is 0.629. The van der Waals surface area contributed by atoms with Gasteiger partial charge in [-0.3, -0.25) is 0 Å². The summed E-state index contributed by atoms with van der Waals surface area (Å²) < 4.78 is 13.6. The summed E-state index contributed by atoms with van der Waals surface area (Å²) in [5.41, 5.74) is 4.43. The molecule has 4 aromatic rings. The molecule has 0 aliphatic heterocycles. The largest absolute Gasteiger partial charge is 0.369 e. The minimum Gasteiger partial charge on any atom is -0.369 e. The van der Waals surface area contributed by atoms with Crippen molar-refractivity contribution < 1.29 is 4.39 Å². The van der Waals surface area contributed by atoms with Gasteiger partial charge in [0.25, 0.3) is 0 Å². The third-order valence-corrected chi connectivity index (χ3v) is 4.39. The number of nitrogens with one attached hydrogen (secondary N) is 1. The second-order valence-electron chi connectivity index (χ2n) is 6.08. The fourth-order valence-electron chi connectivity index (χ4n) is 3.12. The van der Waals surface area contributed by atoms with Crippen LogP contribution < -0.4 is 5.32 Å². The molecule has 1 heterocycles. The van der Waals surface area contributed by atoms with Crippen molar-refractivity contribution in [2.75, 3.05) is 11.9 Å². The summed E-state index contributed by atoms with van der Waals surface area (Å²) in [5.74, 6) is 0.372. The van der Waals surface area contributed by atoms with Gasteiger partial charge in [-0.25, -0.2) is 14.4 Å². The van der Waals surface area contributed by atoms with Crippen LogP contribution in [0.2, 0.25) is 0 Å². The molecule has 0 spiro atoms. The third-order valence-electron chi connectivity index (χ3n) is 4.39. The van der Waals surface area contributed by atoms with Crippen molar-refractivity contribution in [3.63, 3.8) is 0 Å². The lowest BCUT2D eigenvalue weighted by atomic mass is 9.98. The van der Waals surface area contributed by atoms with Crippen LogP contribution in [0.3, 0.4) is 0 Å². The van der Waals surface area contributed by atoms with Gasteiger partial charge in [0.05, 0.1) is 5.52 Å². The van der Waals surface area contributed by atoms with E-state index in [0.717, 1.165) is 11.9 Å². The molecule has 0 saturated heterocycles. The smallest absolute Gasteiger partial charge is 0.137 e. The van der Waals surface area contributed by atoms with Crippen LogP contribution in [0, 0.1) is 5.82 Å². The molecule has 0 atom stereocenters. The maximum absolute atomic E-state index is 13.6. The number of anilines is 1. The van der Waals surface area contributed by atoms with Gasteiger partial charge in [0.15, 0.2) is 0 Å². The number of nitrogens with zero attached hydrogens (tertiary/aromatic N) is 2. The van der Waals surface area contributed by atoms with Crippen LogP contribution in [0.5, 0.6) is 0 Å². The summed E-state index contributed by atoms with van der Waals surface area (Å²) in [6, 6.07) is 23.3. The van der Waals surface area contributed by atoms with Crippen molar-refractivity contribution in [1.82, 2.24) is 9.97 Å². The minimum atomic E-state index is -0.287. The van der Waals surface area contributed by atoms with Crippen LogP contribution in [-0.4, -0.2) is 16.5 Å². The molecule has 0 amide bonds. The standard InChI is InChI=1S/C22H18FN3/c23-18-10-11-21-20(14-18)22(26-15-25-21)24-13-12-17-8-4-5-9-19(17)16-6-2-1-3-7-16/h1-11,14-15H,12-13H2,(H,24,25,26). The fraction of sp³-hybridized carbons (Fsp3) is 0.0909. The van der Waals surface area contributed by atoms with Crippen LogP contribution in [0.1, 0.15) is 5.56 Å². The van der Waals surface area contributed by atoms with E-state index in [1.807, 2.05) is 18.2 Å². The first-order valence-corrected chi connectivity index (χ1v) is 8.59. The highest BCUT2D eigenvalue weighted by molar-refractivity contribution is 5.88. The molecule has 128 valence electrons. The van der Waals surface area contributed by atoms with Gasteiger partial charge in [0.2, 0.25) is 0 Å². The molecule has 4 rings (SSSR count). The van der Waals surface area contributed by atoms with Crippen LogP contribution in [0.25, 0.3) is 22.0 Å². The van der Waals surface area contributed by atoms with E-state index in [0.29, 0.717) is 17.7 Å². The molecule has 0 aliphatic rings. The number of halogens is 1. The van der Waals surface area contributed by atoms with E-state index >= 15 is 0 Å². The van der Waals surface area contributed by atoms with Gasteiger partial charge in [0, 0.05) is 11.9 Å². The Hall–Kier alpha value is -3.27. The normalized spacial score (nSPS) is 10.8. The Labute approximate surface area is 151 Å². The van der Waals surface area contributed by atoms with E-state index in [4.69, 9.17) is 0 Å². The molecule has 0 bridgehead atoms. The molecule has 0 fully saturated rings. The predicted octanol–water partition coefficient (Wildman–Crippen LogP) is 5.09. The van der Waals surface area contributed by atoms with E-state index in [9.17, 15) is 4.39 Å². The Morgan fingerprint density at radius 2 is 1.65 bits per heavy atom. The van der Waals surface area contributed by atoms with E-state index in [1.54, 1.807) is 6.07 Å². The number of hydrogen-bond donors (Lipinski definition) is 1. The predicted molar refractivity (Wildman–Crippen MR) is 104 cm³/mol. The van der Waals surface area contributed by atoms with Gasteiger partial charge in [-0.05, 0) is 41.3 Å². The zero-order valence-corrected chi connectivity index (χ0v) is 14.2. The molecule has 1 N–H and O–H groups in total. The highest BCUT2D eigenvalue weighted by atomic mass is 19.1. The number of benzene rings is 3. The number of aromatic nitrogens is 2. The second kappa shape index (κ2) is 7.31. The Morgan fingerprint density at radius 3 is 2.54 bits per heavy atom. The summed E-state index contributed by atoms with van der Waals surface area (Å²) in [7, 11) is 0. The van der Waals surface area contributed by atoms with E-state index in [1.165, 1.54) is 35.2 Å². The van der Waals surface area contributed by atoms with Crippen molar-refractivity contribution in [3.05, 3.63) is 90.5 Å². The summed E-state index contributed by atoms with van der Waals surface area (Å²) in [5, 5.41) is 4.02. The topological polar surface area (TPSA) is 37.8 Å². The average molecular weight is 343 g/mol. The molecule has 3 nitrogen and oxygen atoms in total. The van der Waals surface area contributed by atoms with Gasteiger partial charge in [-0.15, -0.1) is 0 Å². The van der Waals surface area contributed by atoms with Crippen molar-refractivity contribution in [2.45, 2.75) is 6.42 Å². The first kappa shape index (κ1) is 16.2. The molecular formula is C22H18FN3. The first-order chi connectivity index (χ1) is 12.8. The maximum atomic E-state index is 13.6. The highest BCUT2D eigenvalue weighted by Crippen LogP contribution is 2.24. The highest BCUT2D eigenvalue weighted by Gasteiger charge is 2.07. The minimum absolute atomic E-state index is 0.287. The van der Waals surface area contributed by atoms with Crippen molar-refractivity contribution in [1.29, 1.82) is 0 Å². The summed E-state index contributed by atoms with van der Waals surface area (Å²) in [6.45, 7) is 0.701. The lowest BCUT2D eigenvalue weighted by Gasteiger charge is -2.12. The Morgan fingerprint density at radius 1 is 0.846 bits per heavy atom. The number of hydrogen-bond acceptors (Lipinski definition) is 3. The van der Waals surface area contributed by atoms with Crippen LogP contribution in [0.15, 0.2) is 79.1 Å². The zero-order valence-electron chi connectivity index (χ0n) is 14.2. The molecule has 26 heavy (non-hydrogen) atoms. The molecular weight excluding hydrogens is 325 g/mol. The number of fused-ring (bicyclic) bond motifs is 1. The second-order valence-corrected chi connectivity index (χ2v) is 6.08. The van der Waals surface area contributed by atoms with E-state index in [-0.39, 0.29) is 5.82 Å². The first-order valence-electron chi connectivity index (χ1n) is 8.59. The quantitative estimate of drug-likeness (QED) is 0.548. The number of rotatable bonds is 5. The van der Waals surface area contributed by atoms with Crippen LogP contribution in [-0.2, 0) is 6.42 Å². The van der Waals surface area contributed by atoms with Gasteiger partial charge in [0.1, 0.15) is 18.0 Å². The van der Waals surface area contributed by atoms with E-state index < -0.39 is 0 Å². The van der Waals surface area contributed by atoms with Crippen LogP contribution >= 0.6 is 0 Å². The van der Waals surface area contributed by atoms with Gasteiger partial charge in [-0.2, -0.15) is 0 Å². The van der Waals surface area contributed by atoms with Gasteiger partial charge < -0.3 is 5.32 Å². The Bertz CT molecular complexity index is 1030. The van der Waals surface area contributed by atoms with Gasteiger partial charge in [-0.1, -0.05) is 54.6 Å². The van der Waals surface area contributed by atoms with E-state index in [2.05, 4.69) is 51.7 Å². The van der Waals surface area contributed by atoms with Crippen molar-refractivity contribution >= 4 is 16.7 Å². The zero-order chi connectivity index (χ0) is 17.8. The Balaban J connectivity index is 1.54. The molecule has 4 heteroatoms. The molecule has 1 aromatic heterocycles. The van der Waals surface area contributed by atoms with Crippen molar-refractivity contribution in [3.8, 4) is 11.1 Å². The monoisotopic (exact) mass is 343 g/mol. The summed E-state index contributed by atoms with van der Waals surface area (Å²) in [4.78, 5) is 8.46. The molecule has 0 radical (unpaired) electrons. The fourth-order valence-corrected chi connectivity index (χ4v) is 3.12. The van der Waals surface area contributed by atoms with Crippen LogP contribution in [0.4, 0.5) is 10.2 Å². The molecule has 0 saturated carbocycles. The van der Waals surface area contributed by atoms with Crippen molar-refractivity contribution in [2.24, 2.45) is 0 Å². The molecule has 0 aliphatic carbocycles. The Kier molecular flexibility index (Phi) is 4.56. The SMILES string of the molecule is Fc1ccc2ncnc(NCCc3ccccc3-c3ccccc3)c2c1. The third kappa shape index (κ3) is 3.40. The summed E-state index contributed by atoms with van der Waals surface area (Å²) >= 11 is 0. The summed E-state index contributed by atoms with van der Waals surface area (Å²) in [6.07, 6.45) is 2.34. The maximum Gasteiger partial charge on any atom is 0.137 e. The lowest BCUT2D eigenvalue weighted by Crippen LogP contribution is -2.08. The van der Waals surface area contributed by atoms with Gasteiger partial charge >= 0.3 is 0 Å². The average Bonchev–Trinajstić information content (AvgIpc) is 2.69. The molecule has 0 unspecified atom stereocenters.